The van der Waals surface area contributed by atoms with Gasteiger partial charge in [-0.25, -0.2) is 9.37 Å². The van der Waals surface area contributed by atoms with Crippen molar-refractivity contribution in [1.29, 1.82) is 0 Å². The van der Waals surface area contributed by atoms with Gasteiger partial charge in [0.25, 0.3) is 5.56 Å². The Morgan fingerprint density at radius 1 is 1.26 bits per heavy atom. The van der Waals surface area contributed by atoms with Crippen LogP contribution in [0.1, 0.15) is 30.2 Å². The van der Waals surface area contributed by atoms with E-state index >= 15 is 0 Å². The third-order valence-electron chi connectivity index (χ3n) is 4.10. The number of benzene rings is 2. The molecule has 0 aliphatic carbocycles. The third-order valence-corrected chi connectivity index (χ3v) is 5.05. The molecule has 7 heteroatoms. The van der Waals surface area contributed by atoms with Crippen LogP contribution >= 0.6 is 11.8 Å². The van der Waals surface area contributed by atoms with Gasteiger partial charge in [0.15, 0.2) is 22.5 Å². The van der Waals surface area contributed by atoms with Gasteiger partial charge < -0.3 is 4.74 Å². The molecular formula is C20H19FN2O3S. The second-order valence-electron chi connectivity index (χ2n) is 6.24. The van der Waals surface area contributed by atoms with Gasteiger partial charge in [0.2, 0.25) is 0 Å². The fraction of sp³-hybridized carbons (Fsp3) is 0.250. The van der Waals surface area contributed by atoms with E-state index in [2.05, 4.69) is 4.98 Å². The fourth-order valence-electron chi connectivity index (χ4n) is 2.74. The summed E-state index contributed by atoms with van der Waals surface area (Å²) in [6.07, 6.45) is 0. The first-order valence-corrected chi connectivity index (χ1v) is 9.41. The smallest absolute Gasteiger partial charge is 0.262 e. The molecule has 27 heavy (non-hydrogen) atoms. The van der Waals surface area contributed by atoms with Crippen molar-refractivity contribution in [2.24, 2.45) is 0 Å². The summed E-state index contributed by atoms with van der Waals surface area (Å²) in [4.78, 5) is 29.8. The van der Waals surface area contributed by atoms with E-state index in [4.69, 9.17) is 4.74 Å². The van der Waals surface area contributed by atoms with E-state index in [1.165, 1.54) is 31.0 Å². The normalized spacial score (nSPS) is 11.1. The number of para-hydroxylation sites is 1. The molecule has 0 amide bonds. The zero-order valence-corrected chi connectivity index (χ0v) is 16.0. The summed E-state index contributed by atoms with van der Waals surface area (Å²) in [5, 5.41) is 1.01. The van der Waals surface area contributed by atoms with Crippen molar-refractivity contribution in [3.05, 3.63) is 64.2 Å². The van der Waals surface area contributed by atoms with E-state index in [-0.39, 0.29) is 34.5 Å². The summed E-state index contributed by atoms with van der Waals surface area (Å²) in [6, 6.07) is 11.1. The largest absolute Gasteiger partial charge is 0.494 e. The van der Waals surface area contributed by atoms with Crippen molar-refractivity contribution in [3.8, 4) is 5.75 Å². The highest BCUT2D eigenvalue weighted by Gasteiger charge is 2.16. The summed E-state index contributed by atoms with van der Waals surface area (Å²) >= 11 is 1.17. The number of ether oxygens (including phenoxy) is 1. The number of fused-ring (bicyclic) bond motifs is 1. The molecule has 3 rings (SSSR count). The number of methoxy groups -OCH3 is 1. The molecule has 0 spiro atoms. The van der Waals surface area contributed by atoms with E-state index in [9.17, 15) is 14.0 Å². The monoisotopic (exact) mass is 386 g/mol. The Hall–Kier alpha value is -2.67. The van der Waals surface area contributed by atoms with E-state index in [1.54, 1.807) is 22.8 Å². The zero-order valence-electron chi connectivity index (χ0n) is 15.2. The van der Waals surface area contributed by atoms with Crippen LogP contribution in [-0.2, 0) is 0 Å². The number of hydrogen-bond donors (Lipinski definition) is 0. The predicted octanol–water partition coefficient (Wildman–Crippen LogP) is 4.10. The highest BCUT2D eigenvalue weighted by molar-refractivity contribution is 7.99. The second kappa shape index (κ2) is 7.92. The average Bonchev–Trinajstić information content (AvgIpc) is 2.65. The van der Waals surface area contributed by atoms with Crippen molar-refractivity contribution < 1.29 is 13.9 Å². The van der Waals surface area contributed by atoms with Gasteiger partial charge in [-0.1, -0.05) is 23.9 Å². The Morgan fingerprint density at radius 2 is 2.00 bits per heavy atom. The number of hydrogen-bond acceptors (Lipinski definition) is 5. The Morgan fingerprint density at radius 3 is 2.67 bits per heavy atom. The number of nitrogens with zero attached hydrogens (tertiary/aromatic N) is 2. The van der Waals surface area contributed by atoms with E-state index in [1.807, 2.05) is 19.9 Å². The zero-order chi connectivity index (χ0) is 19.6. The molecule has 0 radical (unpaired) electrons. The molecule has 3 aromatic rings. The molecule has 0 fully saturated rings. The van der Waals surface area contributed by atoms with Crippen molar-refractivity contribution >= 4 is 28.4 Å². The molecule has 1 heterocycles. The molecule has 140 valence electrons. The molecule has 2 aromatic carbocycles. The number of carbonyl (C=O) groups excluding carboxylic acids is 1. The van der Waals surface area contributed by atoms with Crippen LogP contribution in [0.4, 0.5) is 4.39 Å². The van der Waals surface area contributed by atoms with Crippen LogP contribution in [0, 0.1) is 5.82 Å². The number of Topliss-reactive ketones (excluding diaryl/α,β-unsaturated/α-hetero) is 1. The van der Waals surface area contributed by atoms with Gasteiger partial charge in [-0.2, -0.15) is 0 Å². The Labute approximate surface area is 160 Å². The van der Waals surface area contributed by atoms with E-state index < -0.39 is 5.82 Å². The van der Waals surface area contributed by atoms with Crippen LogP contribution in [0.25, 0.3) is 10.9 Å². The SMILES string of the molecule is COc1ccc(C(=O)CSc2nc3ccccc3c(=O)n2C(C)C)cc1F. The molecule has 0 bridgehead atoms. The lowest BCUT2D eigenvalue weighted by Crippen LogP contribution is -2.25. The van der Waals surface area contributed by atoms with Crippen molar-refractivity contribution in [2.45, 2.75) is 25.0 Å². The maximum Gasteiger partial charge on any atom is 0.262 e. The van der Waals surface area contributed by atoms with Gasteiger partial charge in [-0.15, -0.1) is 0 Å². The lowest BCUT2D eigenvalue weighted by Gasteiger charge is -2.16. The Balaban J connectivity index is 1.90. The highest BCUT2D eigenvalue weighted by Crippen LogP contribution is 2.23. The van der Waals surface area contributed by atoms with Gasteiger partial charge in [0.05, 0.1) is 23.8 Å². The Bertz CT molecular complexity index is 1060. The van der Waals surface area contributed by atoms with Gasteiger partial charge in [0, 0.05) is 11.6 Å². The molecular weight excluding hydrogens is 367 g/mol. The van der Waals surface area contributed by atoms with Gasteiger partial charge in [-0.05, 0) is 44.2 Å². The van der Waals surface area contributed by atoms with Crippen molar-refractivity contribution in [1.82, 2.24) is 9.55 Å². The predicted molar refractivity (Wildman–Crippen MR) is 104 cm³/mol. The van der Waals surface area contributed by atoms with Crippen LogP contribution in [0.15, 0.2) is 52.4 Å². The molecule has 0 aliphatic heterocycles. The molecule has 0 saturated heterocycles. The number of carbonyl (C=O) groups is 1. The first-order valence-electron chi connectivity index (χ1n) is 8.43. The average molecular weight is 386 g/mol. The first kappa shape index (κ1) is 19.1. The third kappa shape index (κ3) is 3.88. The minimum atomic E-state index is -0.587. The molecule has 0 N–H and O–H groups in total. The van der Waals surface area contributed by atoms with Crippen LogP contribution in [0.2, 0.25) is 0 Å². The van der Waals surface area contributed by atoms with Gasteiger partial charge in [-0.3, -0.25) is 14.2 Å². The molecule has 5 nitrogen and oxygen atoms in total. The van der Waals surface area contributed by atoms with E-state index in [0.717, 1.165) is 6.07 Å². The fourth-order valence-corrected chi connectivity index (χ4v) is 3.76. The maximum atomic E-state index is 13.8. The standard InChI is InChI=1S/C20H19FN2O3S/c1-12(2)23-19(25)14-6-4-5-7-16(14)22-20(23)27-11-17(24)13-8-9-18(26-3)15(21)10-13/h4-10,12H,11H2,1-3H3. The Kier molecular flexibility index (Phi) is 5.60. The summed E-state index contributed by atoms with van der Waals surface area (Å²) in [5.74, 6) is -0.705. The first-order chi connectivity index (χ1) is 12.9. The maximum absolute atomic E-state index is 13.8. The van der Waals surface area contributed by atoms with Crippen LogP contribution < -0.4 is 10.3 Å². The summed E-state index contributed by atoms with van der Waals surface area (Å²) in [5.41, 5.74) is 0.700. The van der Waals surface area contributed by atoms with Crippen LogP contribution in [-0.4, -0.2) is 28.2 Å². The second-order valence-corrected chi connectivity index (χ2v) is 7.18. The minimum Gasteiger partial charge on any atom is -0.494 e. The quantitative estimate of drug-likeness (QED) is 0.363. The number of ketones is 1. The molecule has 0 atom stereocenters. The van der Waals surface area contributed by atoms with Crippen LogP contribution in [0.5, 0.6) is 5.75 Å². The van der Waals surface area contributed by atoms with E-state index in [0.29, 0.717) is 16.1 Å². The van der Waals surface area contributed by atoms with Crippen molar-refractivity contribution in [3.63, 3.8) is 0 Å². The van der Waals surface area contributed by atoms with Gasteiger partial charge >= 0.3 is 0 Å². The summed E-state index contributed by atoms with van der Waals surface area (Å²) in [7, 11) is 1.37. The number of rotatable bonds is 6. The lowest BCUT2D eigenvalue weighted by atomic mass is 10.1. The molecule has 0 aliphatic rings. The molecule has 0 saturated carbocycles. The highest BCUT2D eigenvalue weighted by atomic mass is 32.2. The lowest BCUT2D eigenvalue weighted by molar-refractivity contribution is 0.102. The van der Waals surface area contributed by atoms with Gasteiger partial charge in [0.1, 0.15) is 0 Å². The topological polar surface area (TPSA) is 61.2 Å². The number of thioether (sulfide) groups is 1. The summed E-state index contributed by atoms with van der Waals surface area (Å²) in [6.45, 7) is 3.78. The molecule has 1 aromatic heterocycles. The molecule has 0 unspecified atom stereocenters. The number of aromatic nitrogens is 2. The summed E-state index contributed by atoms with van der Waals surface area (Å²) < 4.78 is 20.3. The van der Waals surface area contributed by atoms with Crippen LogP contribution in [0.3, 0.4) is 0 Å². The number of halogens is 1. The minimum absolute atomic E-state index is 0.0449. The van der Waals surface area contributed by atoms with Crippen molar-refractivity contribution in [2.75, 3.05) is 12.9 Å².